The third-order valence-corrected chi connectivity index (χ3v) is 4.23. The van der Waals surface area contributed by atoms with Crippen molar-refractivity contribution in [3.8, 4) is 11.4 Å². The zero-order chi connectivity index (χ0) is 14.5. The first kappa shape index (κ1) is 14.9. The molecule has 20 heavy (non-hydrogen) atoms. The first-order valence-corrected chi connectivity index (χ1v) is 7.45. The molecule has 0 saturated carbocycles. The fourth-order valence-corrected chi connectivity index (χ4v) is 2.53. The third-order valence-electron chi connectivity index (χ3n) is 2.62. The molecule has 0 saturated heterocycles. The Kier molecular flexibility index (Phi) is 5.03. The van der Waals surface area contributed by atoms with Crippen molar-refractivity contribution in [1.82, 2.24) is 10.1 Å². The molecule has 0 aliphatic rings. The van der Waals surface area contributed by atoms with Crippen molar-refractivity contribution in [3.05, 3.63) is 35.2 Å². The highest BCUT2D eigenvalue weighted by Gasteiger charge is 2.17. The van der Waals surface area contributed by atoms with E-state index in [1.807, 2.05) is 6.92 Å². The van der Waals surface area contributed by atoms with Crippen molar-refractivity contribution in [2.45, 2.75) is 24.3 Å². The largest absolute Gasteiger partial charge is 0.480 e. The summed E-state index contributed by atoms with van der Waals surface area (Å²) in [6, 6.07) is 7.10. The fraction of sp³-hybridized carbons (Fsp3) is 0.308. The third kappa shape index (κ3) is 3.74. The van der Waals surface area contributed by atoms with Crippen molar-refractivity contribution in [1.29, 1.82) is 0 Å². The van der Waals surface area contributed by atoms with E-state index in [9.17, 15) is 4.79 Å². The van der Waals surface area contributed by atoms with Crippen LogP contribution < -0.4 is 0 Å². The average Bonchev–Trinajstić information content (AvgIpc) is 2.89. The minimum Gasteiger partial charge on any atom is -0.480 e. The summed E-state index contributed by atoms with van der Waals surface area (Å²) in [7, 11) is 0. The molecular weight excluding hydrogens is 300 g/mol. The van der Waals surface area contributed by atoms with Crippen LogP contribution in [0.15, 0.2) is 28.8 Å². The number of hydrogen-bond donors (Lipinski definition) is 1. The lowest BCUT2D eigenvalue weighted by Crippen LogP contribution is -2.15. The standard InChI is InChI=1S/C13H13ClN2O3S/c1-2-10(13(17)18)20-7-11-15-12(16-19-11)8-3-5-9(14)6-4-8/h3-6,10H,2,7H2,1H3,(H,17,18). The number of thioether (sulfide) groups is 1. The number of carboxylic acids is 1. The first-order chi connectivity index (χ1) is 9.60. The highest BCUT2D eigenvalue weighted by Crippen LogP contribution is 2.22. The lowest BCUT2D eigenvalue weighted by molar-refractivity contribution is -0.136. The molecule has 1 unspecified atom stereocenters. The number of aromatic nitrogens is 2. The maximum Gasteiger partial charge on any atom is 0.316 e. The average molecular weight is 313 g/mol. The van der Waals surface area contributed by atoms with E-state index in [1.165, 1.54) is 11.8 Å². The number of benzene rings is 1. The SMILES string of the molecule is CCC(SCc1nc(-c2ccc(Cl)cc2)no1)C(=O)O. The molecule has 7 heteroatoms. The summed E-state index contributed by atoms with van der Waals surface area (Å²) in [6.07, 6.45) is 0.554. The predicted octanol–water partition coefficient (Wildman–Crippen LogP) is 3.49. The molecule has 2 aromatic rings. The molecule has 1 N–H and O–H groups in total. The van der Waals surface area contributed by atoms with Crippen molar-refractivity contribution < 1.29 is 14.4 Å². The van der Waals surface area contributed by atoms with Gasteiger partial charge in [0, 0.05) is 10.6 Å². The van der Waals surface area contributed by atoms with Crippen LogP contribution in [0.4, 0.5) is 0 Å². The van der Waals surface area contributed by atoms with Gasteiger partial charge in [-0.15, -0.1) is 11.8 Å². The van der Waals surface area contributed by atoms with Gasteiger partial charge in [0.05, 0.1) is 5.75 Å². The van der Waals surface area contributed by atoms with Crippen molar-refractivity contribution >= 4 is 29.3 Å². The van der Waals surface area contributed by atoms with E-state index in [0.717, 1.165) is 5.56 Å². The second-order valence-corrected chi connectivity index (χ2v) is 5.69. The Morgan fingerprint density at radius 3 is 2.75 bits per heavy atom. The summed E-state index contributed by atoms with van der Waals surface area (Å²) >= 11 is 7.09. The van der Waals surface area contributed by atoms with Crippen LogP contribution in [0.25, 0.3) is 11.4 Å². The smallest absolute Gasteiger partial charge is 0.316 e. The molecule has 0 fully saturated rings. The van der Waals surface area contributed by atoms with Crippen LogP contribution in [0.1, 0.15) is 19.2 Å². The molecule has 0 aliphatic heterocycles. The molecule has 0 spiro atoms. The number of halogens is 1. The number of carbonyl (C=O) groups is 1. The molecule has 2 rings (SSSR count). The highest BCUT2D eigenvalue weighted by molar-refractivity contribution is 7.99. The topological polar surface area (TPSA) is 76.2 Å². The Balaban J connectivity index is 2.02. The van der Waals surface area contributed by atoms with Crippen molar-refractivity contribution in [2.24, 2.45) is 0 Å². The Morgan fingerprint density at radius 2 is 2.15 bits per heavy atom. The van der Waals surface area contributed by atoms with Crippen LogP contribution >= 0.6 is 23.4 Å². The van der Waals surface area contributed by atoms with Crippen molar-refractivity contribution in [2.75, 3.05) is 0 Å². The molecule has 0 radical (unpaired) electrons. The van der Waals surface area contributed by atoms with E-state index in [0.29, 0.717) is 28.9 Å². The van der Waals surface area contributed by atoms with Crippen LogP contribution in [-0.2, 0) is 10.5 Å². The molecule has 0 aliphatic carbocycles. The van der Waals surface area contributed by atoms with Gasteiger partial charge >= 0.3 is 5.97 Å². The zero-order valence-corrected chi connectivity index (χ0v) is 12.3. The monoisotopic (exact) mass is 312 g/mol. The fourth-order valence-electron chi connectivity index (χ4n) is 1.57. The number of rotatable bonds is 6. The molecule has 0 bridgehead atoms. The number of carboxylic acid groups (broad SMARTS) is 1. The molecule has 1 aromatic heterocycles. The normalized spacial score (nSPS) is 12.3. The van der Waals surface area contributed by atoms with Crippen LogP contribution in [0.2, 0.25) is 5.02 Å². The van der Waals surface area contributed by atoms with Gasteiger partial charge in [0.15, 0.2) is 0 Å². The molecular formula is C13H13ClN2O3S. The number of hydrogen-bond acceptors (Lipinski definition) is 5. The summed E-state index contributed by atoms with van der Waals surface area (Å²) < 4.78 is 5.12. The minimum absolute atomic E-state index is 0.380. The highest BCUT2D eigenvalue weighted by atomic mass is 35.5. The lowest BCUT2D eigenvalue weighted by Gasteiger charge is -2.06. The summed E-state index contributed by atoms with van der Waals surface area (Å²) in [5.41, 5.74) is 0.805. The Bertz CT molecular complexity index is 586. The zero-order valence-electron chi connectivity index (χ0n) is 10.7. The van der Waals surface area contributed by atoms with Gasteiger partial charge in [-0.2, -0.15) is 4.98 Å². The molecule has 5 nitrogen and oxygen atoms in total. The molecule has 1 atom stereocenters. The maximum absolute atomic E-state index is 10.9. The van der Waals surface area contributed by atoms with Gasteiger partial charge in [-0.3, -0.25) is 4.79 Å². The summed E-state index contributed by atoms with van der Waals surface area (Å²) in [4.78, 5) is 15.2. The van der Waals surface area contributed by atoms with Gasteiger partial charge in [-0.25, -0.2) is 0 Å². The molecule has 0 amide bonds. The molecule has 1 aromatic carbocycles. The summed E-state index contributed by atoms with van der Waals surface area (Å²) in [6.45, 7) is 1.83. The molecule has 106 valence electrons. The van der Waals surface area contributed by atoms with E-state index < -0.39 is 11.2 Å². The van der Waals surface area contributed by atoms with E-state index in [1.54, 1.807) is 24.3 Å². The van der Waals surface area contributed by atoms with Crippen molar-refractivity contribution in [3.63, 3.8) is 0 Å². The van der Waals surface area contributed by atoms with Gasteiger partial charge in [-0.05, 0) is 30.7 Å². The van der Waals surface area contributed by atoms with Gasteiger partial charge < -0.3 is 9.63 Å². The second-order valence-electron chi connectivity index (χ2n) is 4.06. The minimum atomic E-state index is -0.824. The summed E-state index contributed by atoms with van der Waals surface area (Å²) in [5.74, 6) is 0.445. The Morgan fingerprint density at radius 1 is 1.45 bits per heavy atom. The van der Waals surface area contributed by atoms with E-state index in [2.05, 4.69) is 10.1 Å². The van der Waals surface area contributed by atoms with Gasteiger partial charge in [0.1, 0.15) is 5.25 Å². The van der Waals surface area contributed by atoms with Crippen LogP contribution in [0.5, 0.6) is 0 Å². The summed E-state index contributed by atoms with van der Waals surface area (Å²) in [5, 5.41) is 13.0. The molecule has 1 heterocycles. The quantitative estimate of drug-likeness (QED) is 0.880. The number of nitrogens with zero attached hydrogens (tertiary/aromatic N) is 2. The van der Waals surface area contributed by atoms with E-state index >= 15 is 0 Å². The Labute approximate surface area is 125 Å². The predicted molar refractivity (Wildman–Crippen MR) is 77.8 cm³/mol. The van der Waals surface area contributed by atoms with Crippen LogP contribution in [0.3, 0.4) is 0 Å². The van der Waals surface area contributed by atoms with Crippen LogP contribution in [-0.4, -0.2) is 26.5 Å². The van der Waals surface area contributed by atoms with E-state index in [-0.39, 0.29) is 0 Å². The number of aliphatic carboxylic acids is 1. The van der Waals surface area contributed by atoms with Crippen LogP contribution in [0, 0.1) is 0 Å². The lowest BCUT2D eigenvalue weighted by atomic mass is 10.2. The second kappa shape index (κ2) is 6.76. The van der Waals surface area contributed by atoms with Gasteiger partial charge in [0.2, 0.25) is 11.7 Å². The maximum atomic E-state index is 10.9. The Hall–Kier alpha value is -1.53. The van der Waals surface area contributed by atoms with Gasteiger partial charge in [-0.1, -0.05) is 23.7 Å². The van der Waals surface area contributed by atoms with Gasteiger partial charge in [0.25, 0.3) is 0 Å². The first-order valence-electron chi connectivity index (χ1n) is 6.03. The van der Waals surface area contributed by atoms with E-state index in [4.69, 9.17) is 21.2 Å².